The van der Waals surface area contributed by atoms with Gasteiger partial charge in [0, 0.05) is 29.0 Å². The van der Waals surface area contributed by atoms with Crippen LogP contribution in [-0.4, -0.2) is 35.1 Å². The van der Waals surface area contributed by atoms with E-state index < -0.39 is 5.82 Å². The van der Waals surface area contributed by atoms with E-state index >= 15 is 4.39 Å². The molecule has 0 amide bonds. The molecule has 0 fully saturated rings. The van der Waals surface area contributed by atoms with Crippen LogP contribution in [-0.2, 0) is 0 Å². The second-order valence-corrected chi connectivity index (χ2v) is 8.81. The maximum atomic E-state index is 15.7. The summed E-state index contributed by atoms with van der Waals surface area (Å²) < 4.78 is 15.7. The maximum absolute atomic E-state index is 15.7. The van der Waals surface area contributed by atoms with Crippen LogP contribution in [0.3, 0.4) is 0 Å². The molecule has 0 spiro atoms. The number of rotatable bonds is 3. The summed E-state index contributed by atoms with van der Waals surface area (Å²) in [5.41, 5.74) is 4.98. The zero-order valence-electron chi connectivity index (χ0n) is 17.1. The maximum Gasteiger partial charge on any atom is 0.161 e. The Morgan fingerprint density at radius 2 is 1.81 bits per heavy atom. The van der Waals surface area contributed by atoms with Crippen molar-refractivity contribution in [3.05, 3.63) is 65.3 Å². The molecule has 0 bridgehead atoms. The van der Waals surface area contributed by atoms with Gasteiger partial charge in [-0.15, -0.1) is 11.3 Å². The fourth-order valence-electron chi connectivity index (χ4n) is 3.84. The van der Waals surface area contributed by atoms with E-state index in [1.165, 1.54) is 4.88 Å². The summed E-state index contributed by atoms with van der Waals surface area (Å²) in [7, 11) is 0. The number of imidazole rings is 1. The lowest BCUT2D eigenvalue weighted by Crippen LogP contribution is -1.94. The standard InChI is InChI=1S/C23H16FN7S/c1-11-5-7-25-9-13(11)19-18(24)17-15(10-27-19)30-31-22(17)23-28-14-6-8-26-21(20(14)29-23)16-4-3-12(2)32-16/h3-10H,1-2H3,(H,28,29)(H,30,31). The van der Waals surface area contributed by atoms with E-state index in [0.29, 0.717) is 28.0 Å². The molecule has 32 heavy (non-hydrogen) atoms. The van der Waals surface area contributed by atoms with Gasteiger partial charge in [-0.3, -0.25) is 20.1 Å². The highest BCUT2D eigenvalue weighted by atomic mass is 32.1. The first-order valence-corrected chi connectivity index (χ1v) is 10.8. The topological polar surface area (TPSA) is 96.0 Å². The lowest BCUT2D eigenvalue weighted by Gasteiger charge is -2.06. The Bertz CT molecular complexity index is 1630. The van der Waals surface area contributed by atoms with Crippen LogP contribution in [0, 0.1) is 19.7 Å². The molecule has 0 aliphatic heterocycles. The molecule has 7 nitrogen and oxygen atoms in total. The Morgan fingerprint density at radius 1 is 0.906 bits per heavy atom. The molecule has 9 heteroatoms. The monoisotopic (exact) mass is 441 g/mol. The largest absolute Gasteiger partial charge is 0.336 e. The minimum absolute atomic E-state index is 0.235. The normalized spacial score (nSPS) is 11.6. The number of nitrogens with one attached hydrogen (secondary N) is 2. The lowest BCUT2D eigenvalue weighted by atomic mass is 10.1. The molecule has 0 unspecified atom stereocenters. The summed E-state index contributed by atoms with van der Waals surface area (Å²) in [5.74, 6) is 0.00257. The SMILES string of the molecule is Cc1ccc(-c2nccc3[nH]c(-c4n[nH]c5cnc(-c6cnccc6C)c(F)c45)nc23)s1. The third kappa shape index (κ3) is 2.82. The number of aromatic nitrogens is 7. The van der Waals surface area contributed by atoms with Gasteiger partial charge in [0.1, 0.15) is 22.6 Å². The van der Waals surface area contributed by atoms with E-state index in [0.717, 1.165) is 27.2 Å². The van der Waals surface area contributed by atoms with E-state index in [1.54, 1.807) is 36.1 Å². The average molecular weight is 441 g/mol. The highest BCUT2D eigenvalue weighted by Gasteiger charge is 2.22. The number of thiophene rings is 1. The van der Waals surface area contributed by atoms with Crippen molar-refractivity contribution in [3.8, 4) is 33.3 Å². The van der Waals surface area contributed by atoms with Crippen LogP contribution in [0.2, 0.25) is 0 Å². The first kappa shape index (κ1) is 18.8. The zero-order chi connectivity index (χ0) is 21.8. The fourth-order valence-corrected chi connectivity index (χ4v) is 4.70. The molecule has 2 N–H and O–H groups in total. The molecular weight excluding hydrogens is 425 g/mol. The Balaban J connectivity index is 1.56. The molecule has 0 aliphatic carbocycles. The van der Waals surface area contributed by atoms with Crippen molar-refractivity contribution in [1.82, 2.24) is 35.1 Å². The summed E-state index contributed by atoms with van der Waals surface area (Å²) in [5, 5.41) is 7.56. The highest BCUT2D eigenvalue weighted by Crippen LogP contribution is 2.35. The highest BCUT2D eigenvalue weighted by molar-refractivity contribution is 7.15. The van der Waals surface area contributed by atoms with Gasteiger partial charge in [-0.25, -0.2) is 9.37 Å². The van der Waals surface area contributed by atoms with Crippen molar-refractivity contribution >= 4 is 33.3 Å². The van der Waals surface area contributed by atoms with Gasteiger partial charge in [0.2, 0.25) is 0 Å². The summed E-state index contributed by atoms with van der Waals surface area (Å²) in [4.78, 5) is 23.2. The van der Waals surface area contributed by atoms with Crippen LogP contribution in [0.5, 0.6) is 0 Å². The van der Waals surface area contributed by atoms with E-state index in [-0.39, 0.29) is 5.69 Å². The van der Waals surface area contributed by atoms with Crippen molar-refractivity contribution in [3.63, 3.8) is 0 Å². The predicted octanol–water partition coefficient (Wildman–Crippen LogP) is 5.44. The molecule has 0 aromatic carbocycles. The molecule has 0 radical (unpaired) electrons. The van der Waals surface area contributed by atoms with Gasteiger partial charge in [0.05, 0.1) is 27.5 Å². The zero-order valence-corrected chi connectivity index (χ0v) is 18.0. The minimum atomic E-state index is -0.463. The van der Waals surface area contributed by atoms with Gasteiger partial charge in [-0.1, -0.05) is 0 Å². The molecule has 6 heterocycles. The molecule has 0 saturated carbocycles. The van der Waals surface area contributed by atoms with Gasteiger partial charge in [0.25, 0.3) is 0 Å². The number of hydrogen-bond donors (Lipinski definition) is 2. The minimum Gasteiger partial charge on any atom is -0.336 e. The van der Waals surface area contributed by atoms with E-state index in [1.807, 2.05) is 25.1 Å². The van der Waals surface area contributed by atoms with Crippen LogP contribution in [0.15, 0.2) is 49.1 Å². The van der Waals surface area contributed by atoms with Gasteiger partial charge in [-0.2, -0.15) is 5.10 Å². The number of pyridine rings is 3. The van der Waals surface area contributed by atoms with E-state index in [4.69, 9.17) is 4.98 Å². The van der Waals surface area contributed by atoms with E-state index in [9.17, 15) is 0 Å². The Kier molecular flexibility index (Phi) is 4.12. The van der Waals surface area contributed by atoms with Crippen LogP contribution in [0.25, 0.3) is 55.3 Å². The molecule has 156 valence electrons. The first-order chi connectivity index (χ1) is 15.6. The molecule has 6 aromatic rings. The van der Waals surface area contributed by atoms with Crippen molar-refractivity contribution < 1.29 is 4.39 Å². The van der Waals surface area contributed by atoms with Crippen LogP contribution < -0.4 is 0 Å². The summed E-state index contributed by atoms with van der Waals surface area (Å²) in [6.45, 7) is 3.96. The molecular formula is C23H16FN7S. The molecule has 0 atom stereocenters. The number of hydrogen-bond acceptors (Lipinski definition) is 6. The first-order valence-electron chi connectivity index (χ1n) is 9.95. The van der Waals surface area contributed by atoms with Crippen LogP contribution in [0.4, 0.5) is 4.39 Å². The van der Waals surface area contributed by atoms with Gasteiger partial charge in [-0.05, 0) is 43.7 Å². The third-order valence-corrected chi connectivity index (χ3v) is 6.45. The number of aryl methyl sites for hydroxylation is 2. The van der Waals surface area contributed by atoms with Crippen molar-refractivity contribution in [1.29, 1.82) is 0 Å². The van der Waals surface area contributed by atoms with Crippen molar-refractivity contribution in [2.75, 3.05) is 0 Å². The smallest absolute Gasteiger partial charge is 0.161 e. The second kappa shape index (κ2) is 7.03. The summed E-state index contributed by atoms with van der Waals surface area (Å²) in [6, 6.07) is 7.78. The quantitative estimate of drug-likeness (QED) is 0.381. The number of fused-ring (bicyclic) bond motifs is 2. The Labute approximate surface area is 185 Å². The second-order valence-electron chi connectivity index (χ2n) is 7.52. The molecule has 6 rings (SSSR count). The predicted molar refractivity (Wildman–Crippen MR) is 123 cm³/mol. The number of halogens is 1. The number of H-pyrrole nitrogens is 2. The van der Waals surface area contributed by atoms with Gasteiger partial charge in [0.15, 0.2) is 11.6 Å². The number of nitrogens with zero attached hydrogens (tertiary/aromatic N) is 5. The van der Waals surface area contributed by atoms with Crippen LogP contribution in [0.1, 0.15) is 10.4 Å². The van der Waals surface area contributed by atoms with Crippen molar-refractivity contribution in [2.45, 2.75) is 13.8 Å². The summed E-state index contributed by atoms with van der Waals surface area (Å²) in [6.07, 6.45) is 6.62. The molecule has 6 aromatic heterocycles. The number of aromatic amines is 2. The van der Waals surface area contributed by atoms with Crippen LogP contribution >= 0.6 is 11.3 Å². The average Bonchev–Trinajstić information content (AvgIpc) is 3.52. The van der Waals surface area contributed by atoms with Crippen molar-refractivity contribution in [2.24, 2.45) is 0 Å². The lowest BCUT2D eigenvalue weighted by molar-refractivity contribution is 0.638. The van der Waals surface area contributed by atoms with Gasteiger partial charge < -0.3 is 4.98 Å². The van der Waals surface area contributed by atoms with E-state index in [2.05, 4.69) is 43.1 Å². The molecule has 0 saturated heterocycles. The Hall–Kier alpha value is -3.98. The van der Waals surface area contributed by atoms with Gasteiger partial charge >= 0.3 is 0 Å². The third-order valence-electron chi connectivity index (χ3n) is 5.44. The Morgan fingerprint density at radius 3 is 2.62 bits per heavy atom. The molecule has 0 aliphatic rings. The fraction of sp³-hybridized carbons (Fsp3) is 0.0870. The summed E-state index contributed by atoms with van der Waals surface area (Å²) >= 11 is 1.66.